The van der Waals surface area contributed by atoms with Crippen molar-refractivity contribution in [3.63, 3.8) is 0 Å². The quantitative estimate of drug-likeness (QED) is 0.516. The molecule has 0 unspecified atom stereocenters. The molecule has 0 saturated heterocycles. The summed E-state index contributed by atoms with van der Waals surface area (Å²) in [6.07, 6.45) is 0. The Hall–Kier alpha value is -3.55. The van der Waals surface area contributed by atoms with Gasteiger partial charge in [0.25, 0.3) is 0 Å². The highest BCUT2D eigenvalue weighted by Gasteiger charge is 2.17. The zero-order valence-electron chi connectivity index (χ0n) is 14.1. The predicted octanol–water partition coefficient (Wildman–Crippen LogP) is 1.91. The van der Waals surface area contributed by atoms with Crippen LogP contribution in [0.15, 0.2) is 41.2 Å². The van der Waals surface area contributed by atoms with Gasteiger partial charge in [0.05, 0.1) is 25.3 Å². The SMILES string of the molecule is COc1ccc(C(=O)OCC(=O)c2ccc3[nH]c(=O)[nH]c3c2)c(OC)c1. The fourth-order valence-electron chi connectivity index (χ4n) is 2.47. The second-order valence-corrected chi connectivity index (χ2v) is 5.41. The van der Waals surface area contributed by atoms with E-state index in [0.717, 1.165) is 0 Å². The minimum Gasteiger partial charge on any atom is -0.497 e. The maximum Gasteiger partial charge on any atom is 0.342 e. The van der Waals surface area contributed by atoms with Crippen molar-refractivity contribution in [2.45, 2.75) is 0 Å². The molecule has 0 saturated carbocycles. The van der Waals surface area contributed by atoms with Gasteiger partial charge in [0, 0.05) is 11.6 Å². The van der Waals surface area contributed by atoms with E-state index in [1.165, 1.54) is 26.4 Å². The number of rotatable bonds is 6. The Balaban J connectivity index is 1.72. The monoisotopic (exact) mass is 356 g/mol. The summed E-state index contributed by atoms with van der Waals surface area (Å²) in [5.41, 5.74) is 1.24. The van der Waals surface area contributed by atoms with Gasteiger partial charge in [-0.2, -0.15) is 0 Å². The molecule has 3 rings (SSSR count). The number of esters is 1. The van der Waals surface area contributed by atoms with E-state index in [0.29, 0.717) is 22.3 Å². The van der Waals surface area contributed by atoms with Crippen molar-refractivity contribution in [2.75, 3.05) is 20.8 Å². The molecule has 0 aliphatic heterocycles. The van der Waals surface area contributed by atoms with Crippen LogP contribution in [0.2, 0.25) is 0 Å². The Kier molecular flexibility index (Phi) is 4.74. The first-order valence-electron chi connectivity index (χ1n) is 7.66. The molecule has 2 aromatic carbocycles. The number of imidazole rings is 1. The van der Waals surface area contributed by atoms with Crippen LogP contribution >= 0.6 is 0 Å². The Labute approximate surface area is 147 Å². The molecule has 1 heterocycles. The van der Waals surface area contributed by atoms with E-state index in [1.54, 1.807) is 24.3 Å². The van der Waals surface area contributed by atoms with Crippen LogP contribution in [0.5, 0.6) is 11.5 Å². The summed E-state index contributed by atoms with van der Waals surface area (Å²) in [6, 6.07) is 9.33. The molecular formula is C18H16N2O6. The molecule has 0 bridgehead atoms. The van der Waals surface area contributed by atoms with E-state index in [1.807, 2.05) is 0 Å². The summed E-state index contributed by atoms with van der Waals surface area (Å²) in [4.78, 5) is 40.9. The molecule has 26 heavy (non-hydrogen) atoms. The van der Waals surface area contributed by atoms with Gasteiger partial charge in [-0.25, -0.2) is 9.59 Å². The van der Waals surface area contributed by atoms with Crippen molar-refractivity contribution in [2.24, 2.45) is 0 Å². The van der Waals surface area contributed by atoms with Gasteiger partial charge in [-0.05, 0) is 30.3 Å². The number of fused-ring (bicyclic) bond motifs is 1. The molecule has 134 valence electrons. The Morgan fingerprint density at radius 3 is 2.46 bits per heavy atom. The average molecular weight is 356 g/mol. The first-order valence-corrected chi connectivity index (χ1v) is 7.66. The Morgan fingerprint density at radius 2 is 1.73 bits per heavy atom. The largest absolute Gasteiger partial charge is 0.497 e. The van der Waals surface area contributed by atoms with Crippen LogP contribution in [0.25, 0.3) is 11.0 Å². The number of aromatic nitrogens is 2. The summed E-state index contributed by atoms with van der Waals surface area (Å²) in [5.74, 6) is -0.264. The van der Waals surface area contributed by atoms with Gasteiger partial charge in [0.1, 0.15) is 17.1 Å². The molecule has 1 aromatic heterocycles. The highest BCUT2D eigenvalue weighted by Crippen LogP contribution is 2.25. The van der Waals surface area contributed by atoms with Crippen molar-refractivity contribution in [1.82, 2.24) is 9.97 Å². The van der Waals surface area contributed by atoms with Crippen LogP contribution in [0.4, 0.5) is 0 Å². The molecule has 2 N–H and O–H groups in total. The number of methoxy groups -OCH3 is 2. The van der Waals surface area contributed by atoms with Crippen molar-refractivity contribution >= 4 is 22.8 Å². The molecule has 0 spiro atoms. The van der Waals surface area contributed by atoms with Crippen LogP contribution in [0, 0.1) is 0 Å². The van der Waals surface area contributed by atoms with E-state index >= 15 is 0 Å². The first-order chi connectivity index (χ1) is 12.5. The number of aromatic amines is 2. The maximum absolute atomic E-state index is 12.3. The summed E-state index contributed by atoms with van der Waals surface area (Å²) in [6.45, 7) is -0.436. The van der Waals surface area contributed by atoms with Crippen LogP contribution in [-0.4, -0.2) is 42.5 Å². The topological polar surface area (TPSA) is 110 Å². The molecule has 3 aromatic rings. The van der Waals surface area contributed by atoms with Gasteiger partial charge in [-0.1, -0.05) is 0 Å². The first kappa shape index (κ1) is 17.3. The van der Waals surface area contributed by atoms with E-state index in [-0.39, 0.29) is 17.0 Å². The van der Waals surface area contributed by atoms with Crippen LogP contribution in [0.3, 0.4) is 0 Å². The summed E-state index contributed by atoms with van der Waals surface area (Å²) >= 11 is 0. The number of hydrogen-bond donors (Lipinski definition) is 2. The lowest BCUT2D eigenvalue weighted by Crippen LogP contribution is -2.15. The molecule has 0 aliphatic rings. The average Bonchev–Trinajstić information content (AvgIpc) is 3.04. The maximum atomic E-state index is 12.3. The van der Waals surface area contributed by atoms with Crippen LogP contribution in [0.1, 0.15) is 20.7 Å². The summed E-state index contributed by atoms with van der Waals surface area (Å²) in [7, 11) is 2.92. The molecule has 0 atom stereocenters. The normalized spacial score (nSPS) is 10.5. The van der Waals surface area contributed by atoms with E-state index < -0.39 is 18.4 Å². The van der Waals surface area contributed by atoms with Crippen molar-refractivity contribution < 1.29 is 23.8 Å². The number of hydrogen-bond acceptors (Lipinski definition) is 6. The zero-order chi connectivity index (χ0) is 18.7. The second kappa shape index (κ2) is 7.14. The standard InChI is InChI=1S/C18H16N2O6/c1-24-11-4-5-12(16(8-11)25-2)17(22)26-9-15(21)10-3-6-13-14(7-10)20-18(23)19-13/h3-8H,9H2,1-2H3,(H2,19,20,23). The van der Waals surface area contributed by atoms with Gasteiger partial charge < -0.3 is 24.2 Å². The Morgan fingerprint density at radius 1 is 0.962 bits per heavy atom. The minimum atomic E-state index is -0.686. The fraction of sp³-hybridized carbons (Fsp3) is 0.167. The van der Waals surface area contributed by atoms with Crippen LogP contribution < -0.4 is 15.2 Å². The zero-order valence-corrected chi connectivity index (χ0v) is 14.1. The number of carbonyl (C=O) groups is 2. The lowest BCUT2D eigenvalue weighted by molar-refractivity contribution is 0.0471. The smallest absolute Gasteiger partial charge is 0.342 e. The number of carbonyl (C=O) groups excluding carboxylic acids is 2. The molecule has 0 aliphatic carbocycles. The van der Waals surface area contributed by atoms with Crippen LogP contribution in [-0.2, 0) is 4.74 Å². The number of benzene rings is 2. The number of ether oxygens (including phenoxy) is 3. The number of Topliss-reactive ketones (excluding diaryl/α,β-unsaturated/α-hetero) is 1. The van der Waals surface area contributed by atoms with Gasteiger partial charge in [0.2, 0.25) is 0 Å². The fourth-order valence-corrected chi connectivity index (χ4v) is 2.47. The van der Waals surface area contributed by atoms with Gasteiger partial charge in [-0.15, -0.1) is 0 Å². The minimum absolute atomic E-state index is 0.187. The van der Waals surface area contributed by atoms with Crippen molar-refractivity contribution in [3.05, 3.63) is 58.0 Å². The molecule has 8 nitrogen and oxygen atoms in total. The lowest BCUT2D eigenvalue weighted by Gasteiger charge is -2.10. The highest BCUT2D eigenvalue weighted by atomic mass is 16.5. The Bertz CT molecular complexity index is 1030. The summed E-state index contributed by atoms with van der Waals surface area (Å²) in [5, 5.41) is 0. The lowest BCUT2D eigenvalue weighted by atomic mass is 10.1. The number of nitrogens with one attached hydrogen (secondary N) is 2. The number of H-pyrrole nitrogens is 2. The highest BCUT2D eigenvalue weighted by molar-refractivity contribution is 6.01. The second-order valence-electron chi connectivity index (χ2n) is 5.41. The van der Waals surface area contributed by atoms with Gasteiger partial charge in [0.15, 0.2) is 12.4 Å². The third kappa shape index (κ3) is 3.44. The van der Waals surface area contributed by atoms with Gasteiger partial charge >= 0.3 is 11.7 Å². The summed E-state index contributed by atoms with van der Waals surface area (Å²) < 4.78 is 15.3. The molecule has 0 fully saturated rings. The van der Waals surface area contributed by atoms with Gasteiger partial charge in [-0.3, -0.25) is 4.79 Å². The van der Waals surface area contributed by atoms with Crippen molar-refractivity contribution in [3.8, 4) is 11.5 Å². The third-order valence-electron chi connectivity index (χ3n) is 3.80. The molecule has 0 amide bonds. The number of ketones is 1. The molecule has 8 heteroatoms. The van der Waals surface area contributed by atoms with E-state index in [2.05, 4.69) is 9.97 Å². The van der Waals surface area contributed by atoms with E-state index in [4.69, 9.17) is 14.2 Å². The molecular weight excluding hydrogens is 340 g/mol. The third-order valence-corrected chi connectivity index (χ3v) is 3.80. The predicted molar refractivity (Wildman–Crippen MR) is 93.1 cm³/mol. The van der Waals surface area contributed by atoms with Crippen molar-refractivity contribution in [1.29, 1.82) is 0 Å². The molecule has 0 radical (unpaired) electrons. The van der Waals surface area contributed by atoms with E-state index in [9.17, 15) is 14.4 Å².